The Bertz CT molecular complexity index is 529. The predicted octanol–water partition coefficient (Wildman–Crippen LogP) is 3.44. The number of hydrogen-bond acceptors (Lipinski definition) is 4. The molecule has 0 amide bonds. The van der Waals surface area contributed by atoms with Gasteiger partial charge in [-0.1, -0.05) is 6.92 Å². The number of piperidine rings is 1. The van der Waals surface area contributed by atoms with Crippen LogP contribution in [0, 0.1) is 5.92 Å². The molecule has 2 aromatic rings. The second-order valence-corrected chi connectivity index (χ2v) is 6.20. The van der Waals surface area contributed by atoms with Crippen LogP contribution in [0.2, 0.25) is 0 Å². The van der Waals surface area contributed by atoms with Crippen LogP contribution >= 0.6 is 11.3 Å². The van der Waals surface area contributed by atoms with Crippen molar-refractivity contribution in [2.24, 2.45) is 5.92 Å². The van der Waals surface area contributed by atoms with E-state index in [4.69, 9.17) is 0 Å². The van der Waals surface area contributed by atoms with Gasteiger partial charge in [0, 0.05) is 22.8 Å². The first-order valence-electron chi connectivity index (χ1n) is 7.15. The van der Waals surface area contributed by atoms with Gasteiger partial charge in [-0.3, -0.25) is 0 Å². The molecule has 3 rings (SSSR count). The summed E-state index contributed by atoms with van der Waals surface area (Å²) in [6, 6.07) is 4.25. The van der Waals surface area contributed by atoms with E-state index < -0.39 is 0 Å². The van der Waals surface area contributed by atoms with Gasteiger partial charge in [-0.15, -0.1) is 11.3 Å². The minimum atomic E-state index is 0.790. The predicted molar refractivity (Wildman–Crippen MR) is 82.9 cm³/mol. The van der Waals surface area contributed by atoms with Crippen LogP contribution < -0.4 is 5.32 Å². The Morgan fingerprint density at radius 3 is 3.00 bits per heavy atom. The molecule has 1 saturated heterocycles. The average molecular weight is 275 g/mol. The topological polar surface area (TPSA) is 28.2 Å². The number of fused-ring (bicyclic) bond motifs is 1. The number of nitrogens with one attached hydrogen (secondary N) is 1. The van der Waals surface area contributed by atoms with Gasteiger partial charge < -0.3 is 10.2 Å². The summed E-state index contributed by atoms with van der Waals surface area (Å²) in [6.45, 7) is 6.99. The van der Waals surface area contributed by atoms with Crippen molar-refractivity contribution >= 4 is 27.2 Å². The molecule has 0 spiro atoms. The van der Waals surface area contributed by atoms with Gasteiger partial charge in [0.05, 0.1) is 0 Å². The molecule has 0 bridgehead atoms. The summed E-state index contributed by atoms with van der Waals surface area (Å²) in [5.41, 5.74) is 0. The molecule has 19 heavy (non-hydrogen) atoms. The van der Waals surface area contributed by atoms with Crippen LogP contribution in [0.4, 0.5) is 5.82 Å². The molecule has 0 atom stereocenters. The van der Waals surface area contributed by atoms with E-state index in [0.29, 0.717) is 0 Å². The lowest BCUT2D eigenvalue weighted by Crippen LogP contribution is -2.35. The van der Waals surface area contributed by atoms with Crippen molar-refractivity contribution in [2.75, 3.05) is 31.5 Å². The lowest BCUT2D eigenvalue weighted by Gasteiger charge is -2.31. The van der Waals surface area contributed by atoms with Gasteiger partial charge in [0.25, 0.3) is 0 Å². The second kappa shape index (κ2) is 5.88. The van der Waals surface area contributed by atoms with Gasteiger partial charge in [-0.05, 0) is 55.9 Å². The third-order valence-electron chi connectivity index (χ3n) is 4.09. The van der Waals surface area contributed by atoms with E-state index in [9.17, 15) is 0 Å². The summed E-state index contributed by atoms with van der Waals surface area (Å²) in [5, 5.41) is 6.95. The van der Waals surface area contributed by atoms with Gasteiger partial charge in [0.1, 0.15) is 5.82 Å². The zero-order valence-electron chi connectivity index (χ0n) is 11.4. The van der Waals surface area contributed by atoms with E-state index in [0.717, 1.165) is 18.3 Å². The molecule has 0 aliphatic carbocycles. The van der Waals surface area contributed by atoms with Crippen LogP contribution in [0.5, 0.6) is 0 Å². The maximum absolute atomic E-state index is 4.48. The number of likely N-dealkylation sites (tertiary alicyclic amines) is 1. The van der Waals surface area contributed by atoms with Crippen molar-refractivity contribution in [1.82, 2.24) is 9.88 Å². The number of anilines is 1. The minimum Gasteiger partial charge on any atom is -0.369 e. The molecule has 1 fully saturated rings. The second-order valence-electron chi connectivity index (χ2n) is 5.25. The molecule has 0 saturated carbocycles. The van der Waals surface area contributed by atoms with Crippen molar-refractivity contribution in [3.8, 4) is 0 Å². The molecule has 1 aliphatic heterocycles. The highest BCUT2D eigenvalue weighted by Gasteiger charge is 2.18. The summed E-state index contributed by atoms with van der Waals surface area (Å²) in [4.78, 5) is 7.02. The van der Waals surface area contributed by atoms with E-state index in [2.05, 4.69) is 39.6 Å². The molecule has 0 radical (unpaired) electrons. The van der Waals surface area contributed by atoms with Gasteiger partial charge in [-0.2, -0.15) is 0 Å². The monoisotopic (exact) mass is 275 g/mol. The Morgan fingerprint density at radius 2 is 2.21 bits per heavy atom. The maximum Gasteiger partial charge on any atom is 0.134 e. The molecular formula is C15H21N3S. The van der Waals surface area contributed by atoms with Crippen LogP contribution in [0.15, 0.2) is 23.7 Å². The molecule has 102 valence electrons. The Balaban J connectivity index is 1.59. The first-order valence-corrected chi connectivity index (χ1v) is 8.03. The van der Waals surface area contributed by atoms with E-state index in [1.807, 2.05) is 6.20 Å². The van der Waals surface area contributed by atoms with E-state index in [1.165, 1.54) is 42.6 Å². The van der Waals surface area contributed by atoms with Crippen LogP contribution in [0.1, 0.15) is 19.8 Å². The highest BCUT2D eigenvalue weighted by molar-refractivity contribution is 7.17. The first-order chi connectivity index (χ1) is 9.36. The van der Waals surface area contributed by atoms with Crippen molar-refractivity contribution in [3.63, 3.8) is 0 Å². The van der Waals surface area contributed by atoms with Gasteiger partial charge in [-0.25, -0.2) is 4.98 Å². The molecule has 0 unspecified atom stereocenters. The number of rotatable bonds is 4. The fourth-order valence-electron chi connectivity index (χ4n) is 2.78. The third kappa shape index (κ3) is 2.90. The zero-order chi connectivity index (χ0) is 13.1. The van der Waals surface area contributed by atoms with Crippen molar-refractivity contribution in [1.29, 1.82) is 0 Å². The molecule has 0 aromatic carbocycles. The molecule has 3 nitrogen and oxygen atoms in total. The number of pyridine rings is 1. The quantitative estimate of drug-likeness (QED) is 0.926. The number of aromatic nitrogens is 1. The summed E-state index contributed by atoms with van der Waals surface area (Å²) in [7, 11) is 0. The lowest BCUT2D eigenvalue weighted by atomic mass is 9.97. The van der Waals surface area contributed by atoms with Crippen LogP contribution in [0.3, 0.4) is 0 Å². The fourth-order valence-corrected chi connectivity index (χ4v) is 3.57. The van der Waals surface area contributed by atoms with E-state index in [-0.39, 0.29) is 0 Å². The van der Waals surface area contributed by atoms with E-state index >= 15 is 0 Å². The molecule has 3 heterocycles. The van der Waals surface area contributed by atoms with Gasteiger partial charge >= 0.3 is 0 Å². The summed E-state index contributed by atoms with van der Waals surface area (Å²) < 4.78 is 1.32. The zero-order valence-corrected chi connectivity index (χ0v) is 12.2. The number of hydrogen-bond donors (Lipinski definition) is 1. The molecule has 1 N–H and O–H groups in total. The fraction of sp³-hybridized carbons (Fsp3) is 0.533. The Kier molecular flexibility index (Phi) is 3.99. The van der Waals surface area contributed by atoms with E-state index in [1.54, 1.807) is 11.3 Å². The maximum atomic E-state index is 4.48. The van der Waals surface area contributed by atoms with Crippen molar-refractivity contribution in [2.45, 2.75) is 19.8 Å². The minimum absolute atomic E-state index is 0.790. The first kappa shape index (κ1) is 12.9. The average Bonchev–Trinajstić information content (AvgIpc) is 2.94. The largest absolute Gasteiger partial charge is 0.369 e. The standard InChI is InChI=1S/C15H21N3S/c1-2-18-8-4-12(5-9-18)11-17-15-13-6-10-19-14(13)3-7-16-15/h3,6-7,10,12H,2,4-5,8-9,11H2,1H3,(H,16,17). The molecular weight excluding hydrogens is 254 g/mol. The summed E-state index contributed by atoms with van der Waals surface area (Å²) in [6.07, 6.45) is 4.52. The lowest BCUT2D eigenvalue weighted by molar-refractivity contribution is 0.198. The normalized spacial score (nSPS) is 17.9. The molecule has 1 aliphatic rings. The number of nitrogens with zero attached hydrogens (tertiary/aromatic N) is 2. The van der Waals surface area contributed by atoms with Crippen molar-refractivity contribution < 1.29 is 0 Å². The van der Waals surface area contributed by atoms with Gasteiger partial charge in [0.2, 0.25) is 0 Å². The van der Waals surface area contributed by atoms with Gasteiger partial charge in [0.15, 0.2) is 0 Å². The Hall–Kier alpha value is -1.13. The highest BCUT2D eigenvalue weighted by Crippen LogP contribution is 2.26. The Labute approximate surface area is 118 Å². The SMILES string of the molecule is CCN1CCC(CNc2nccc3sccc23)CC1. The van der Waals surface area contributed by atoms with Crippen LogP contribution in [0.25, 0.3) is 10.1 Å². The highest BCUT2D eigenvalue weighted by atomic mass is 32.1. The third-order valence-corrected chi connectivity index (χ3v) is 4.97. The summed E-state index contributed by atoms with van der Waals surface area (Å²) >= 11 is 1.78. The molecule has 2 aromatic heterocycles. The summed E-state index contributed by atoms with van der Waals surface area (Å²) in [5.74, 6) is 1.84. The Morgan fingerprint density at radius 1 is 1.37 bits per heavy atom. The number of thiophene rings is 1. The van der Waals surface area contributed by atoms with Crippen LogP contribution in [-0.4, -0.2) is 36.1 Å². The smallest absolute Gasteiger partial charge is 0.134 e. The van der Waals surface area contributed by atoms with Crippen molar-refractivity contribution in [3.05, 3.63) is 23.7 Å². The van der Waals surface area contributed by atoms with Crippen LogP contribution in [-0.2, 0) is 0 Å². The molecule has 4 heteroatoms.